The van der Waals surface area contributed by atoms with Crippen LogP contribution in [0.4, 0.5) is 0 Å². The number of ketones is 1. The predicted octanol–water partition coefficient (Wildman–Crippen LogP) is 1.06. The van der Waals surface area contributed by atoms with E-state index in [9.17, 15) is 4.79 Å². The number of rotatable bonds is 12. The Morgan fingerprint density at radius 1 is 1.05 bits per heavy atom. The zero-order valence-electron chi connectivity index (χ0n) is 11.8. The molecule has 0 aromatic carbocycles. The van der Waals surface area contributed by atoms with E-state index in [-0.39, 0.29) is 23.7 Å². The molecule has 0 aliphatic heterocycles. The molecule has 0 N–H and O–H groups in total. The van der Waals surface area contributed by atoms with E-state index in [1.165, 1.54) is 0 Å². The van der Waals surface area contributed by atoms with E-state index in [1.807, 2.05) is 6.92 Å². The van der Waals surface area contributed by atoms with Gasteiger partial charge in [0.25, 0.3) is 24.1 Å². The average Bonchev–Trinajstić information content (AvgIpc) is 2.35. The van der Waals surface area contributed by atoms with Gasteiger partial charge >= 0.3 is 0 Å². The van der Waals surface area contributed by atoms with Crippen molar-refractivity contribution in [1.82, 2.24) is 0 Å². The molecule has 7 heteroatoms. The van der Waals surface area contributed by atoms with Crippen LogP contribution >= 0.6 is 0 Å². The van der Waals surface area contributed by atoms with Crippen LogP contribution in [0.2, 0.25) is 0 Å². The van der Waals surface area contributed by atoms with Gasteiger partial charge < -0.3 is 18.8 Å². The predicted molar refractivity (Wildman–Crippen MR) is 75.8 cm³/mol. The Labute approximate surface area is 120 Å². The van der Waals surface area contributed by atoms with Crippen LogP contribution in [-0.4, -0.2) is 49.2 Å². The highest BCUT2D eigenvalue weighted by molar-refractivity contribution is 5.98. The fraction of sp³-hybridized carbons (Fsp3) is 0.917. The molecule has 0 amide bonds. The summed E-state index contributed by atoms with van der Waals surface area (Å²) in [5.74, 6) is 0.313. The van der Waals surface area contributed by atoms with Crippen molar-refractivity contribution in [2.45, 2.75) is 45.6 Å². The van der Waals surface area contributed by atoms with E-state index < -0.39 is 0 Å². The molecule has 0 fully saturated rings. The Morgan fingerprint density at radius 3 is 2.05 bits per heavy atom. The van der Waals surface area contributed by atoms with E-state index in [0.717, 1.165) is 19.3 Å². The molecule has 4 nitrogen and oxygen atoms in total. The Morgan fingerprint density at radius 2 is 1.63 bits per heavy atom. The molecule has 0 heterocycles. The summed E-state index contributed by atoms with van der Waals surface area (Å²) >= 11 is 0. The molecule has 0 aromatic rings. The van der Waals surface area contributed by atoms with Crippen molar-refractivity contribution in [3.05, 3.63) is 0 Å². The van der Waals surface area contributed by atoms with Gasteiger partial charge in [0.1, 0.15) is 5.78 Å². The first-order chi connectivity index (χ1) is 9.07. The Balaban J connectivity index is 4.44. The second kappa shape index (κ2) is 11.6. The molecule has 0 rings (SSSR count). The lowest BCUT2D eigenvalue weighted by Gasteiger charge is -2.26. The van der Waals surface area contributed by atoms with Gasteiger partial charge in [-0.15, -0.1) is 0 Å². The van der Waals surface area contributed by atoms with Gasteiger partial charge in [-0.2, -0.15) is 0 Å². The molecule has 3 unspecified atom stereocenters. The summed E-state index contributed by atoms with van der Waals surface area (Å²) in [6.45, 7) is 4.27. The van der Waals surface area contributed by atoms with Gasteiger partial charge in [-0.3, -0.25) is 0 Å². The summed E-state index contributed by atoms with van der Waals surface area (Å²) in [7, 11) is 15.5. The highest BCUT2D eigenvalue weighted by Crippen LogP contribution is 2.23. The number of carbonyl (C=O) groups excluding carboxylic acids is 1. The Bertz CT molecular complexity index is 237. The van der Waals surface area contributed by atoms with Crippen LogP contribution in [0.25, 0.3) is 0 Å². The summed E-state index contributed by atoms with van der Waals surface area (Å²) < 4.78 is 14.3. The molecule has 0 saturated carbocycles. The van der Waals surface area contributed by atoms with Crippen LogP contribution in [0.15, 0.2) is 0 Å². The van der Waals surface area contributed by atoms with Crippen molar-refractivity contribution >= 4 is 29.9 Å². The smallest absolute Gasteiger partial charge is 0.283 e. The molecule has 0 saturated heterocycles. The topological polar surface area (TPSA) is 44.8 Å². The minimum atomic E-state index is -0.0445. The fourth-order valence-electron chi connectivity index (χ4n) is 2.28. The quantitative estimate of drug-likeness (QED) is 0.493. The Kier molecular flexibility index (Phi) is 11.4. The molecule has 3 atom stereocenters. The first kappa shape index (κ1) is 18.7. The molecule has 6 radical (unpaired) electrons. The van der Waals surface area contributed by atoms with Crippen molar-refractivity contribution < 1.29 is 18.8 Å². The van der Waals surface area contributed by atoms with E-state index in [0.29, 0.717) is 19.6 Å². The van der Waals surface area contributed by atoms with Crippen molar-refractivity contribution in [1.29, 1.82) is 0 Å². The van der Waals surface area contributed by atoms with Crippen LogP contribution in [0.3, 0.4) is 0 Å². The maximum atomic E-state index is 11.2. The lowest BCUT2D eigenvalue weighted by molar-refractivity contribution is -0.118. The summed E-state index contributed by atoms with van der Waals surface area (Å²) in [5.41, 5.74) is 0. The van der Waals surface area contributed by atoms with Gasteiger partial charge in [0, 0.05) is 25.7 Å². The monoisotopic (exact) mass is 262 g/mol. The van der Waals surface area contributed by atoms with Crippen LogP contribution in [0, 0.1) is 11.8 Å². The maximum absolute atomic E-state index is 11.2. The van der Waals surface area contributed by atoms with Gasteiger partial charge in [0.2, 0.25) is 0 Å². The lowest BCUT2D eigenvalue weighted by Crippen LogP contribution is -2.24. The number of hydrogen-bond acceptors (Lipinski definition) is 4. The highest BCUT2D eigenvalue weighted by Gasteiger charge is 2.20. The highest BCUT2D eigenvalue weighted by atomic mass is 16.4. The molecular weight excluding hydrogens is 241 g/mol. The molecule has 0 bridgehead atoms. The van der Waals surface area contributed by atoms with Crippen LogP contribution < -0.4 is 0 Å². The number of carbonyl (C=O) groups is 1. The fourth-order valence-corrected chi connectivity index (χ4v) is 2.28. The molecule has 102 valence electrons. The van der Waals surface area contributed by atoms with Gasteiger partial charge in [0.05, 0.1) is 0 Å². The average molecular weight is 262 g/mol. The first-order valence-corrected chi connectivity index (χ1v) is 6.55. The third-order valence-corrected chi connectivity index (χ3v) is 3.15. The molecule has 0 aliphatic carbocycles. The molecule has 19 heavy (non-hydrogen) atoms. The van der Waals surface area contributed by atoms with E-state index in [4.69, 9.17) is 33.5 Å². The van der Waals surface area contributed by atoms with Crippen LogP contribution in [-0.2, 0) is 18.8 Å². The third kappa shape index (κ3) is 9.30. The molecular formula is C12H21B3O4. The van der Waals surface area contributed by atoms with Crippen LogP contribution in [0.5, 0.6) is 0 Å². The van der Waals surface area contributed by atoms with Crippen molar-refractivity contribution in [2.75, 3.05) is 13.2 Å². The normalized spacial score (nSPS) is 15.9. The Hall–Kier alpha value is -0.255. The SMILES string of the molecule is [B]OCC(CC(C)=O)CC(CO[B])CC(CC)O[B]. The van der Waals surface area contributed by atoms with Crippen molar-refractivity contribution in [3.63, 3.8) is 0 Å². The lowest BCUT2D eigenvalue weighted by atomic mass is 9.87. The third-order valence-electron chi connectivity index (χ3n) is 3.15. The van der Waals surface area contributed by atoms with E-state index >= 15 is 0 Å². The van der Waals surface area contributed by atoms with Crippen molar-refractivity contribution in [2.24, 2.45) is 11.8 Å². The maximum Gasteiger partial charge on any atom is 0.283 e. The van der Waals surface area contributed by atoms with Gasteiger partial charge in [0.15, 0.2) is 0 Å². The van der Waals surface area contributed by atoms with Crippen molar-refractivity contribution in [3.8, 4) is 0 Å². The van der Waals surface area contributed by atoms with Gasteiger partial charge in [-0.1, -0.05) is 6.92 Å². The zero-order valence-corrected chi connectivity index (χ0v) is 11.8. The standard InChI is InChI=1S/C12H21B3O4/c1-3-12(19-15)6-11(8-18-14)5-10(7-17-13)4-9(2)16/h10-12H,3-8H2,1-2H3. The minimum Gasteiger partial charge on any atom is -0.447 e. The summed E-state index contributed by atoms with van der Waals surface area (Å²) in [6, 6.07) is 0. The van der Waals surface area contributed by atoms with Crippen LogP contribution in [0.1, 0.15) is 39.5 Å². The largest absolute Gasteiger partial charge is 0.447 e. The summed E-state index contributed by atoms with van der Waals surface area (Å²) in [6.07, 6.45) is 2.65. The molecule has 0 spiro atoms. The van der Waals surface area contributed by atoms with Gasteiger partial charge in [-0.25, -0.2) is 0 Å². The second-order valence-corrected chi connectivity index (χ2v) is 4.94. The number of Topliss-reactive ketones (excluding diaryl/α,β-unsaturated/α-hetero) is 1. The number of hydrogen-bond donors (Lipinski definition) is 0. The van der Waals surface area contributed by atoms with Gasteiger partial charge in [-0.05, 0) is 38.0 Å². The second-order valence-electron chi connectivity index (χ2n) is 4.94. The zero-order chi connectivity index (χ0) is 14.7. The van der Waals surface area contributed by atoms with E-state index in [2.05, 4.69) is 4.65 Å². The summed E-state index contributed by atoms with van der Waals surface area (Å²) in [4.78, 5) is 11.2. The molecule has 0 aromatic heterocycles. The van der Waals surface area contributed by atoms with E-state index in [1.54, 1.807) is 6.92 Å². The first-order valence-electron chi connectivity index (χ1n) is 6.55. The minimum absolute atomic E-state index is 0.0445. The summed E-state index contributed by atoms with van der Waals surface area (Å²) in [5, 5.41) is 0. The molecule has 0 aliphatic rings.